The summed E-state index contributed by atoms with van der Waals surface area (Å²) in [6, 6.07) is 0. The van der Waals surface area contributed by atoms with E-state index in [0.717, 1.165) is 4.91 Å². The van der Waals surface area contributed by atoms with Crippen molar-refractivity contribution < 1.29 is 28.3 Å². The molecule has 1 N–H and O–H groups in total. The van der Waals surface area contributed by atoms with E-state index in [2.05, 4.69) is 45.8 Å². The number of hydrogen-bond donors (Lipinski definition) is 1. The van der Waals surface area contributed by atoms with Crippen LogP contribution in [0.1, 0.15) is 33.6 Å². The van der Waals surface area contributed by atoms with Crippen LogP contribution in [0.3, 0.4) is 0 Å². The molecule has 3 heterocycles. The first kappa shape index (κ1) is 23.9. The monoisotopic (exact) mass is 468 g/mol. The number of rotatable bonds is 8. The molecule has 2 fully saturated rings. The average Bonchev–Trinajstić information content (AvgIpc) is 3.21. The Bertz CT molecular complexity index is 806. The number of β-lactam (4-membered cyclic amide) rings is 1. The first-order valence-electron chi connectivity index (χ1n) is 10.5. The van der Waals surface area contributed by atoms with Crippen molar-refractivity contribution in [2.75, 3.05) is 19.8 Å². The lowest BCUT2D eigenvalue weighted by Crippen LogP contribution is -2.59. The maximum atomic E-state index is 12.9. The van der Waals surface area contributed by atoms with Gasteiger partial charge in [-0.25, -0.2) is 4.79 Å². The fourth-order valence-electron chi connectivity index (χ4n) is 3.42. The minimum atomic E-state index is -1.99. The number of nitrogens with zero attached hydrogens (tertiary/aromatic N) is 1. The first-order chi connectivity index (χ1) is 14.4. The normalized spacial score (nSPS) is 25.8. The molecule has 0 spiro atoms. The topological polar surface area (TPSA) is 94.2 Å². The van der Waals surface area contributed by atoms with E-state index in [1.165, 1.54) is 22.7 Å². The van der Waals surface area contributed by atoms with Crippen molar-refractivity contribution in [3.63, 3.8) is 0 Å². The molecule has 2 saturated heterocycles. The third-order valence-corrected chi connectivity index (χ3v) is 12.2. The summed E-state index contributed by atoms with van der Waals surface area (Å²) in [7, 11) is -1.99. The molecule has 172 valence electrons. The molecule has 10 heteroatoms. The number of allylic oxidation sites excluding steroid dienone is 1. The van der Waals surface area contributed by atoms with E-state index >= 15 is 0 Å². The van der Waals surface area contributed by atoms with Gasteiger partial charge in [-0.15, -0.1) is 0 Å². The Hall–Kier alpha value is -1.78. The molecule has 3 rings (SSSR count). The Morgan fingerprint density at radius 1 is 1.35 bits per heavy atom. The molecule has 0 unspecified atom stereocenters. The van der Waals surface area contributed by atoms with Crippen molar-refractivity contribution in [2.45, 2.75) is 57.1 Å². The number of carbonyl (C=O) groups excluding carboxylic acids is 3. The zero-order valence-corrected chi connectivity index (χ0v) is 20.7. The summed E-state index contributed by atoms with van der Waals surface area (Å²) in [6.07, 6.45) is 1.56. The molecule has 2 amide bonds. The van der Waals surface area contributed by atoms with Crippen LogP contribution in [0.4, 0.5) is 4.79 Å². The maximum absolute atomic E-state index is 12.9. The van der Waals surface area contributed by atoms with Gasteiger partial charge in [0.25, 0.3) is 0 Å². The lowest BCUT2D eigenvalue weighted by Gasteiger charge is -2.44. The van der Waals surface area contributed by atoms with Gasteiger partial charge >= 0.3 is 6.16 Å². The van der Waals surface area contributed by atoms with Crippen molar-refractivity contribution >= 4 is 38.0 Å². The van der Waals surface area contributed by atoms with Crippen LogP contribution in [0.5, 0.6) is 0 Å². The summed E-state index contributed by atoms with van der Waals surface area (Å²) in [5.41, 5.74) is 0. The van der Waals surface area contributed by atoms with Crippen molar-refractivity contribution in [3.8, 4) is 0 Å². The predicted octanol–water partition coefficient (Wildman–Crippen LogP) is 3.57. The van der Waals surface area contributed by atoms with Crippen molar-refractivity contribution in [3.05, 3.63) is 23.4 Å². The number of ether oxygens (including phenoxy) is 2. The predicted molar refractivity (Wildman–Crippen MR) is 120 cm³/mol. The molecular formula is C21H32N2O6SSi. The highest BCUT2D eigenvalue weighted by Gasteiger charge is 2.56. The SMILES string of the molecule is C=CCOC(=O)OC1=C(C[C@H]2CNC(=O)C2)S[C@@H]2[C@@H](CO[Si](C)(C)C(C)(C)C)C(=O)N12. The van der Waals surface area contributed by atoms with Gasteiger partial charge in [-0.1, -0.05) is 45.2 Å². The van der Waals surface area contributed by atoms with Crippen LogP contribution in [0, 0.1) is 11.8 Å². The fraction of sp³-hybridized carbons (Fsp3) is 0.667. The summed E-state index contributed by atoms with van der Waals surface area (Å²) in [6.45, 7) is 15.3. The summed E-state index contributed by atoms with van der Waals surface area (Å²) in [5.74, 6) is -0.0481. The summed E-state index contributed by atoms with van der Waals surface area (Å²) in [4.78, 5) is 38.9. The molecule has 3 aliphatic heterocycles. The standard InChI is InChI=1S/C21H32N2O6SSi/c1-7-8-27-20(26)29-18-15(9-13-10-16(24)22-11-13)30-19-14(17(25)23(18)19)12-28-31(5,6)21(2,3)4/h7,13-14,19H,1,8-12H2,2-6H3,(H,22,24)/t13-,14+,19-/m1/s1. The van der Waals surface area contributed by atoms with Gasteiger partial charge in [-0.2, -0.15) is 0 Å². The minimum Gasteiger partial charge on any atom is -0.430 e. The van der Waals surface area contributed by atoms with E-state index < -0.39 is 14.5 Å². The van der Waals surface area contributed by atoms with Gasteiger partial charge in [0.2, 0.25) is 17.7 Å². The Balaban J connectivity index is 1.71. The lowest BCUT2D eigenvalue weighted by molar-refractivity contribution is -0.151. The molecule has 31 heavy (non-hydrogen) atoms. The molecule has 3 aliphatic rings. The second kappa shape index (κ2) is 8.99. The minimum absolute atomic E-state index is 0.0152. The van der Waals surface area contributed by atoms with Crippen LogP contribution in [-0.2, 0) is 23.5 Å². The lowest BCUT2D eigenvalue weighted by atomic mass is 9.99. The van der Waals surface area contributed by atoms with Gasteiger partial charge in [0.15, 0.2) is 8.32 Å². The third kappa shape index (κ3) is 5.01. The molecule has 0 aromatic carbocycles. The zero-order chi connectivity index (χ0) is 23.0. The van der Waals surface area contributed by atoms with Crippen LogP contribution >= 0.6 is 11.8 Å². The van der Waals surface area contributed by atoms with Gasteiger partial charge in [0.1, 0.15) is 12.0 Å². The van der Waals surface area contributed by atoms with Crippen molar-refractivity contribution in [1.82, 2.24) is 10.2 Å². The molecule has 0 aromatic heterocycles. The number of hydrogen-bond acceptors (Lipinski definition) is 7. The van der Waals surface area contributed by atoms with Gasteiger partial charge in [-0.05, 0) is 30.5 Å². The Morgan fingerprint density at radius 2 is 2.06 bits per heavy atom. The van der Waals surface area contributed by atoms with Gasteiger partial charge < -0.3 is 19.2 Å². The van der Waals surface area contributed by atoms with Crippen LogP contribution in [-0.4, -0.2) is 56.3 Å². The van der Waals surface area contributed by atoms with Crippen LogP contribution < -0.4 is 5.32 Å². The van der Waals surface area contributed by atoms with Crippen molar-refractivity contribution in [1.29, 1.82) is 0 Å². The van der Waals surface area contributed by atoms with Gasteiger partial charge in [0, 0.05) is 24.5 Å². The van der Waals surface area contributed by atoms with E-state index in [0.29, 0.717) is 26.0 Å². The number of amides is 2. The van der Waals surface area contributed by atoms with Crippen LogP contribution in [0.2, 0.25) is 18.1 Å². The molecule has 0 aliphatic carbocycles. The smallest absolute Gasteiger partial charge is 0.430 e. The van der Waals surface area contributed by atoms with E-state index in [9.17, 15) is 14.4 Å². The molecule has 3 atom stereocenters. The third-order valence-electron chi connectivity index (χ3n) is 6.34. The highest BCUT2D eigenvalue weighted by molar-refractivity contribution is 8.04. The van der Waals surface area contributed by atoms with E-state index in [1.807, 2.05) is 0 Å². The molecule has 0 saturated carbocycles. The molecular weight excluding hydrogens is 436 g/mol. The number of carbonyl (C=O) groups is 3. The summed E-state index contributed by atoms with van der Waals surface area (Å²) < 4.78 is 16.7. The number of fused-ring (bicyclic) bond motifs is 1. The number of thioether (sulfide) groups is 1. The zero-order valence-electron chi connectivity index (χ0n) is 18.9. The second-order valence-corrected chi connectivity index (χ2v) is 15.7. The van der Waals surface area contributed by atoms with Crippen LogP contribution in [0.15, 0.2) is 23.4 Å². The van der Waals surface area contributed by atoms with Crippen molar-refractivity contribution in [2.24, 2.45) is 11.8 Å². The highest BCUT2D eigenvalue weighted by atomic mass is 32.2. The van der Waals surface area contributed by atoms with Gasteiger partial charge in [0.05, 0.1) is 5.92 Å². The van der Waals surface area contributed by atoms with Gasteiger partial charge in [-0.3, -0.25) is 14.5 Å². The first-order valence-corrected chi connectivity index (χ1v) is 14.3. The van der Waals surface area contributed by atoms with E-state index in [1.54, 1.807) is 0 Å². The molecule has 0 bridgehead atoms. The largest absolute Gasteiger partial charge is 0.515 e. The van der Waals surface area contributed by atoms with E-state index in [4.69, 9.17) is 13.9 Å². The quantitative estimate of drug-likeness (QED) is 0.252. The fourth-order valence-corrected chi connectivity index (χ4v) is 5.98. The summed E-state index contributed by atoms with van der Waals surface area (Å²) in [5, 5.41) is 2.71. The van der Waals surface area contributed by atoms with E-state index in [-0.39, 0.29) is 46.6 Å². The Labute approximate surface area is 188 Å². The molecule has 0 radical (unpaired) electrons. The molecule has 0 aromatic rings. The maximum Gasteiger partial charge on any atom is 0.515 e. The highest BCUT2D eigenvalue weighted by Crippen LogP contribution is 2.52. The Kier molecular flexibility index (Phi) is 6.92. The molecule has 8 nitrogen and oxygen atoms in total. The second-order valence-electron chi connectivity index (χ2n) is 9.65. The average molecular weight is 469 g/mol. The number of nitrogens with one attached hydrogen (secondary N) is 1. The Morgan fingerprint density at radius 3 is 2.65 bits per heavy atom. The van der Waals surface area contributed by atoms with Crippen LogP contribution in [0.25, 0.3) is 0 Å². The summed E-state index contributed by atoms with van der Waals surface area (Å²) >= 11 is 1.52.